The zero-order chi connectivity index (χ0) is 9.97. The summed E-state index contributed by atoms with van der Waals surface area (Å²) < 4.78 is 5.47. The summed E-state index contributed by atoms with van der Waals surface area (Å²) in [5.41, 5.74) is 4.04. The van der Waals surface area contributed by atoms with Crippen LogP contribution in [0.15, 0.2) is 18.2 Å². The molecule has 14 heavy (non-hydrogen) atoms. The Morgan fingerprint density at radius 3 is 2.93 bits per heavy atom. The number of hydrogen-bond donors (Lipinski definition) is 1. The van der Waals surface area contributed by atoms with Crippen molar-refractivity contribution in [3.05, 3.63) is 34.9 Å². The molecule has 2 rings (SSSR count). The molecule has 0 aromatic heterocycles. The largest absolute Gasteiger partial charge is 0.378 e. The smallest absolute Gasteiger partial charge is 0.0662 e. The second-order valence-corrected chi connectivity index (χ2v) is 3.94. The van der Waals surface area contributed by atoms with Crippen LogP contribution in [-0.4, -0.2) is 19.8 Å². The standard InChI is InChI=1S/C12H17NO/c1-9-3-4-10(2)11(7-9)12-8-14-6-5-13-12/h3-4,7,12-13H,5-6,8H2,1-2H3. The zero-order valence-corrected chi connectivity index (χ0v) is 8.84. The highest BCUT2D eigenvalue weighted by molar-refractivity contribution is 5.33. The van der Waals surface area contributed by atoms with Crippen molar-refractivity contribution in [2.24, 2.45) is 0 Å². The van der Waals surface area contributed by atoms with E-state index in [0.29, 0.717) is 6.04 Å². The highest BCUT2D eigenvalue weighted by Crippen LogP contribution is 2.20. The van der Waals surface area contributed by atoms with E-state index in [2.05, 4.69) is 37.4 Å². The summed E-state index contributed by atoms with van der Waals surface area (Å²) in [4.78, 5) is 0. The Morgan fingerprint density at radius 1 is 1.36 bits per heavy atom. The Bertz CT molecular complexity index is 316. The SMILES string of the molecule is Cc1ccc(C)c(C2COCCN2)c1. The van der Waals surface area contributed by atoms with Crippen molar-refractivity contribution in [2.45, 2.75) is 19.9 Å². The van der Waals surface area contributed by atoms with E-state index < -0.39 is 0 Å². The molecule has 1 unspecified atom stereocenters. The number of hydrogen-bond acceptors (Lipinski definition) is 2. The van der Waals surface area contributed by atoms with Gasteiger partial charge in [-0.2, -0.15) is 0 Å². The fourth-order valence-electron chi connectivity index (χ4n) is 1.90. The first-order chi connectivity index (χ1) is 6.77. The van der Waals surface area contributed by atoms with Crippen LogP contribution >= 0.6 is 0 Å². The minimum Gasteiger partial charge on any atom is -0.378 e. The molecule has 1 saturated heterocycles. The molecule has 0 spiro atoms. The minimum absolute atomic E-state index is 0.378. The molecule has 0 saturated carbocycles. The summed E-state index contributed by atoms with van der Waals surface area (Å²) in [6.45, 7) is 6.88. The molecule has 1 aliphatic rings. The predicted octanol–water partition coefficient (Wildman–Crippen LogP) is 1.96. The molecular weight excluding hydrogens is 174 g/mol. The lowest BCUT2D eigenvalue weighted by atomic mass is 9.99. The molecule has 0 radical (unpaired) electrons. The van der Waals surface area contributed by atoms with E-state index >= 15 is 0 Å². The third-order valence-corrected chi connectivity index (χ3v) is 2.73. The van der Waals surface area contributed by atoms with Crippen LogP contribution in [0.3, 0.4) is 0 Å². The molecule has 1 atom stereocenters. The van der Waals surface area contributed by atoms with Crippen molar-refractivity contribution in [3.8, 4) is 0 Å². The van der Waals surface area contributed by atoms with Gasteiger partial charge >= 0.3 is 0 Å². The Morgan fingerprint density at radius 2 is 2.21 bits per heavy atom. The van der Waals surface area contributed by atoms with Crippen LogP contribution in [0, 0.1) is 13.8 Å². The summed E-state index contributed by atoms with van der Waals surface area (Å²) in [6.07, 6.45) is 0. The quantitative estimate of drug-likeness (QED) is 0.732. The van der Waals surface area contributed by atoms with Crippen LogP contribution in [0.25, 0.3) is 0 Å². The van der Waals surface area contributed by atoms with E-state index in [0.717, 1.165) is 19.8 Å². The Balaban J connectivity index is 2.24. The van der Waals surface area contributed by atoms with Gasteiger partial charge in [-0.3, -0.25) is 0 Å². The summed E-state index contributed by atoms with van der Waals surface area (Å²) >= 11 is 0. The van der Waals surface area contributed by atoms with Gasteiger partial charge in [0, 0.05) is 6.54 Å². The zero-order valence-electron chi connectivity index (χ0n) is 8.84. The maximum atomic E-state index is 5.47. The highest BCUT2D eigenvalue weighted by Gasteiger charge is 2.16. The number of rotatable bonds is 1. The van der Waals surface area contributed by atoms with Crippen molar-refractivity contribution in [3.63, 3.8) is 0 Å². The van der Waals surface area contributed by atoms with Gasteiger partial charge in [0.25, 0.3) is 0 Å². The van der Waals surface area contributed by atoms with Gasteiger partial charge in [0.05, 0.1) is 19.3 Å². The lowest BCUT2D eigenvalue weighted by Gasteiger charge is -2.25. The Kier molecular flexibility index (Phi) is 2.85. The fourth-order valence-corrected chi connectivity index (χ4v) is 1.90. The molecule has 2 heteroatoms. The van der Waals surface area contributed by atoms with Crippen molar-refractivity contribution in [2.75, 3.05) is 19.8 Å². The second-order valence-electron chi connectivity index (χ2n) is 3.94. The maximum absolute atomic E-state index is 5.47. The molecule has 2 nitrogen and oxygen atoms in total. The van der Waals surface area contributed by atoms with E-state index in [4.69, 9.17) is 4.74 Å². The van der Waals surface area contributed by atoms with Gasteiger partial charge in [-0.15, -0.1) is 0 Å². The number of aryl methyl sites for hydroxylation is 2. The maximum Gasteiger partial charge on any atom is 0.0662 e. The molecule has 0 bridgehead atoms. The molecule has 1 aromatic rings. The van der Waals surface area contributed by atoms with Gasteiger partial charge in [0.15, 0.2) is 0 Å². The topological polar surface area (TPSA) is 21.3 Å². The lowest BCUT2D eigenvalue weighted by Crippen LogP contribution is -2.34. The van der Waals surface area contributed by atoms with Crippen LogP contribution in [0.4, 0.5) is 0 Å². The number of morpholine rings is 1. The summed E-state index contributed by atoms with van der Waals surface area (Å²) in [6, 6.07) is 6.97. The highest BCUT2D eigenvalue weighted by atomic mass is 16.5. The van der Waals surface area contributed by atoms with Crippen molar-refractivity contribution >= 4 is 0 Å². The molecule has 0 amide bonds. The van der Waals surface area contributed by atoms with Crippen LogP contribution in [0.5, 0.6) is 0 Å². The van der Waals surface area contributed by atoms with E-state index in [1.54, 1.807) is 0 Å². The van der Waals surface area contributed by atoms with E-state index in [9.17, 15) is 0 Å². The van der Waals surface area contributed by atoms with E-state index in [1.165, 1.54) is 16.7 Å². The molecule has 1 aliphatic heterocycles. The van der Waals surface area contributed by atoms with Gasteiger partial charge in [0.1, 0.15) is 0 Å². The van der Waals surface area contributed by atoms with Crippen LogP contribution in [-0.2, 0) is 4.74 Å². The summed E-state index contributed by atoms with van der Waals surface area (Å²) in [7, 11) is 0. The molecule has 76 valence electrons. The first kappa shape index (κ1) is 9.69. The first-order valence-corrected chi connectivity index (χ1v) is 5.15. The molecule has 1 fully saturated rings. The average molecular weight is 191 g/mol. The Hall–Kier alpha value is -0.860. The van der Waals surface area contributed by atoms with Gasteiger partial charge in [-0.1, -0.05) is 23.8 Å². The molecule has 1 heterocycles. The minimum atomic E-state index is 0.378. The third-order valence-electron chi connectivity index (χ3n) is 2.73. The van der Waals surface area contributed by atoms with E-state index in [-0.39, 0.29) is 0 Å². The van der Waals surface area contributed by atoms with Crippen LogP contribution in [0.2, 0.25) is 0 Å². The normalized spacial score (nSPS) is 22.3. The Labute approximate surface area is 85.3 Å². The molecule has 0 aliphatic carbocycles. The summed E-state index contributed by atoms with van der Waals surface area (Å²) in [5, 5.41) is 3.48. The number of ether oxygens (including phenoxy) is 1. The first-order valence-electron chi connectivity index (χ1n) is 5.15. The molecule has 1 N–H and O–H groups in total. The summed E-state index contributed by atoms with van der Waals surface area (Å²) in [5.74, 6) is 0. The second kappa shape index (κ2) is 4.11. The van der Waals surface area contributed by atoms with Gasteiger partial charge in [-0.25, -0.2) is 0 Å². The molecule has 1 aromatic carbocycles. The average Bonchev–Trinajstić information content (AvgIpc) is 2.23. The van der Waals surface area contributed by atoms with E-state index in [1.807, 2.05) is 0 Å². The van der Waals surface area contributed by atoms with Gasteiger partial charge in [0.2, 0.25) is 0 Å². The van der Waals surface area contributed by atoms with Crippen molar-refractivity contribution in [1.82, 2.24) is 5.32 Å². The predicted molar refractivity (Wildman–Crippen MR) is 57.5 cm³/mol. The van der Waals surface area contributed by atoms with Gasteiger partial charge in [-0.05, 0) is 25.0 Å². The lowest BCUT2D eigenvalue weighted by molar-refractivity contribution is 0.0767. The van der Waals surface area contributed by atoms with Gasteiger partial charge < -0.3 is 10.1 Å². The number of nitrogens with one attached hydrogen (secondary N) is 1. The van der Waals surface area contributed by atoms with Crippen LogP contribution in [0.1, 0.15) is 22.7 Å². The molecular formula is C12H17NO. The number of benzene rings is 1. The third kappa shape index (κ3) is 1.97. The van der Waals surface area contributed by atoms with Crippen molar-refractivity contribution < 1.29 is 4.74 Å². The fraction of sp³-hybridized carbons (Fsp3) is 0.500. The van der Waals surface area contributed by atoms with Crippen LogP contribution < -0.4 is 5.32 Å². The monoisotopic (exact) mass is 191 g/mol. The van der Waals surface area contributed by atoms with Crippen molar-refractivity contribution in [1.29, 1.82) is 0 Å².